The topological polar surface area (TPSA) is 122 Å². The molecule has 0 radical (unpaired) electrons. The molecular weight excluding hydrogens is 328 g/mol. The first kappa shape index (κ1) is 17.3. The number of carbonyl (C=O) groups is 3. The van der Waals surface area contributed by atoms with Crippen LogP contribution in [0.15, 0.2) is 24.3 Å². The number of hydrogen-bond acceptors (Lipinski definition) is 7. The van der Waals surface area contributed by atoms with Gasteiger partial charge in [-0.1, -0.05) is 12.1 Å². The largest absolute Gasteiger partial charge is 0.508 e. The molecule has 1 aromatic carbocycles. The first-order valence-electron chi connectivity index (χ1n) is 8.03. The van der Waals surface area contributed by atoms with Crippen LogP contribution in [0.4, 0.5) is 4.79 Å². The summed E-state index contributed by atoms with van der Waals surface area (Å²) in [5.74, 6) is -1.40. The van der Waals surface area contributed by atoms with E-state index in [4.69, 9.17) is 5.11 Å². The number of β-amino-alcohol motifs (C(OH)–C–C–N with tert-alkyl or cyclic N) is 1. The minimum Gasteiger partial charge on any atom is -0.508 e. The smallest absolute Gasteiger partial charge is 0.328 e. The van der Waals surface area contributed by atoms with Crippen LogP contribution in [0.2, 0.25) is 0 Å². The standard InChI is InChI=1S/C16H20N4O5/c21-10-9-19-5-7-20(8-6-19)16(11-1-3-12(22)4-2-11)13(23)17-15(25)18-14(16)24/h1-4,21-22H,5-10H2,(H2,17,18,23,24,25). The van der Waals surface area contributed by atoms with E-state index in [0.717, 1.165) is 0 Å². The van der Waals surface area contributed by atoms with Gasteiger partial charge in [0.2, 0.25) is 5.54 Å². The van der Waals surface area contributed by atoms with Crippen LogP contribution in [0, 0.1) is 0 Å². The number of nitrogens with one attached hydrogen (secondary N) is 2. The molecule has 0 spiro atoms. The van der Waals surface area contributed by atoms with Gasteiger partial charge < -0.3 is 10.2 Å². The number of carbonyl (C=O) groups excluding carboxylic acids is 3. The monoisotopic (exact) mass is 348 g/mol. The van der Waals surface area contributed by atoms with Gasteiger partial charge in [0.1, 0.15) is 5.75 Å². The average Bonchev–Trinajstić information content (AvgIpc) is 2.57. The molecule has 0 aromatic heterocycles. The van der Waals surface area contributed by atoms with Crippen LogP contribution in [0.25, 0.3) is 0 Å². The molecule has 0 atom stereocenters. The lowest BCUT2D eigenvalue weighted by molar-refractivity contribution is -0.150. The molecule has 4 amide bonds. The summed E-state index contributed by atoms with van der Waals surface area (Å²) < 4.78 is 0. The molecule has 2 saturated heterocycles. The number of phenols is 1. The van der Waals surface area contributed by atoms with E-state index in [1.807, 2.05) is 4.90 Å². The predicted molar refractivity (Wildman–Crippen MR) is 86.6 cm³/mol. The van der Waals surface area contributed by atoms with Crippen LogP contribution in [0.3, 0.4) is 0 Å². The maximum absolute atomic E-state index is 12.8. The molecule has 2 aliphatic rings. The van der Waals surface area contributed by atoms with Gasteiger partial charge >= 0.3 is 6.03 Å². The molecule has 2 aliphatic heterocycles. The summed E-state index contributed by atoms with van der Waals surface area (Å²) in [6, 6.07) is 4.96. The van der Waals surface area contributed by atoms with E-state index in [1.54, 1.807) is 4.90 Å². The highest BCUT2D eigenvalue weighted by Crippen LogP contribution is 2.33. The molecule has 0 saturated carbocycles. The van der Waals surface area contributed by atoms with Crippen molar-refractivity contribution in [1.82, 2.24) is 20.4 Å². The zero-order valence-corrected chi connectivity index (χ0v) is 13.6. The Labute approximate surface area is 144 Å². The number of aliphatic hydroxyl groups is 1. The number of hydrogen-bond donors (Lipinski definition) is 4. The Morgan fingerprint density at radius 1 is 0.960 bits per heavy atom. The first-order valence-corrected chi connectivity index (χ1v) is 8.03. The molecule has 4 N–H and O–H groups in total. The highest BCUT2D eigenvalue weighted by atomic mass is 16.3. The number of benzene rings is 1. The predicted octanol–water partition coefficient (Wildman–Crippen LogP) is -1.44. The number of rotatable bonds is 4. The van der Waals surface area contributed by atoms with Crippen molar-refractivity contribution >= 4 is 17.8 Å². The summed E-state index contributed by atoms with van der Waals surface area (Å²) in [5, 5.41) is 22.9. The molecule has 1 aromatic rings. The molecular formula is C16H20N4O5. The highest BCUT2D eigenvalue weighted by Gasteiger charge is 2.56. The van der Waals surface area contributed by atoms with Gasteiger partial charge in [0.05, 0.1) is 6.61 Å². The normalized spacial score (nSPS) is 21.7. The van der Waals surface area contributed by atoms with Gasteiger partial charge in [-0.25, -0.2) is 4.79 Å². The SMILES string of the molecule is O=C1NC(=O)C(c2ccc(O)cc2)(N2CCN(CCO)CC2)C(=O)N1. The van der Waals surface area contributed by atoms with Crippen molar-refractivity contribution in [2.45, 2.75) is 5.54 Å². The summed E-state index contributed by atoms with van der Waals surface area (Å²) in [7, 11) is 0. The number of urea groups is 1. The molecule has 2 heterocycles. The number of barbiturate groups is 1. The van der Waals surface area contributed by atoms with E-state index in [0.29, 0.717) is 38.3 Å². The molecule has 0 aliphatic carbocycles. The zero-order chi connectivity index (χ0) is 18.0. The van der Waals surface area contributed by atoms with E-state index >= 15 is 0 Å². The fraction of sp³-hybridized carbons (Fsp3) is 0.438. The second-order valence-electron chi connectivity index (χ2n) is 6.05. The Morgan fingerprint density at radius 2 is 1.52 bits per heavy atom. The van der Waals surface area contributed by atoms with Gasteiger partial charge in [-0.15, -0.1) is 0 Å². The van der Waals surface area contributed by atoms with Crippen LogP contribution in [-0.2, 0) is 15.1 Å². The summed E-state index contributed by atoms with van der Waals surface area (Å²) in [6.45, 7) is 2.55. The Morgan fingerprint density at radius 3 is 2.04 bits per heavy atom. The zero-order valence-electron chi connectivity index (χ0n) is 13.6. The Kier molecular flexibility index (Phi) is 4.71. The third-order valence-corrected chi connectivity index (χ3v) is 4.66. The number of nitrogens with zero attached hydrogens (tertiary/aromatic N) is 2. The van der Waals surface area contributed by atoms with Gasteiger partial charge in [0.15, 0.2) is 0 Å². The number of aliphatic hydroxyl groups excluding tert-OH is 1. The summed E-state index contributed by atoms with van der Waals surface area (Å²) in [6.07, 6.45) is 0. The minimum absolute atomic E-state index is 0.0133. The number of phenolic OH excluding ortho intramolecular Hbond substituents is 1. The fourth-order valence-corrected chi connectivity index (χ4v) is 3.40. The fourth-order valence-electron chi connectivity index (χ4n) is 3.40. The third kappa shape index (κ3) is 2.97. The number of piperazine rings is 1. The minimum atomic E-state index is -1.67. The van der Waals surface area contributed by atoms with Crippen molar-refractivity contribution in [3.63, 3.8) is 0 Å². The van der Waals surface area contributed by atoms with Gasteiger partial charge in [-0.05, 0) is 17.7 Å². The van der Waals surface area contributed by atoms with Gasteiger partial charge in [0, 0.05) is 32.7 Å². The van der Waals surface area contributed by atoms with Crippen LogP contribution in [0.1, 0.15) is 5.56 Å². The Hall–Kier alpha value is -2.49. The third-order valence-electron chi connectivity index (χ3n) is 4.66. The number of aromatic hydroxyl groups is 1. The summed E-state index contributed by atoms with van der Waals surface area (Å²) in [5.41, 5.74) is -1.30. The second-order valence-corrected chi connectivity index (χ2v) is 6.05. The molecule has 9 heteroatoms. The van der Waals surface area contributed by atoms with Crippen molar-refractivity contribution in [2.75, 3.05) is 39.3 Å². The van der Waals surface area contributed by atoms with E-state index in [1.165, 1.54) is 24.3 Å². The molecule has 3 rings (SSSR count). The van der Waals surface area contributed by atoms with Crippen LogP contribution < -0.4 is 10.6 Å². The summed E-state index contributed by atoms with van der Waals surface area (Å²) >= 11 is 0. The Balaban J connectivity index is 1.98. The van der Waals surface area contributed by atoms with E-state index in [9.17, 15) is 19.5 Å². The molecule has 2 fully saturated rings. The maximum atomic E-state index is 12.8. The van der Waals surface area contributed by atoms with Crippen LogP contribution in [-0.4, -0.2) is 77.2 Å². The van der Waals surface area contributed by atoms with Crippen LogP contribution >= 0.6 is 0 Å². The van der Waals surface area contributed by atoms with Crippen molar-refractivity contribution in [1.29, 1.82) is 0 Å². The lowest BCUT2D eigenvalue weighted by Crippen LogP contribution is -2.72. The Bertz CT molecular complexity index is 662. The number of imide groups is 2. The van der Waals surface area contributed by atoms with Gasteiger partial charge in [0.25, 0.3) is 11.8 Å². The van der Waals surface area contributed by atoms with Crippen LogP contribution in [0.5, 0.6) is 5.75 Å². The van der Waals surface area contributed by atoms with Crippen molar-refractivity contribution in [3.8, 4) is 5.75 Å². The van der Waals surface area contributed by atoms with Crippen molar-refractivity contribution < 1.29 is 24.6 Å². The highest BCUT2D eigenvalue weighted by molar-refractivity contribution is 6.22. The van der Waals surface area contributed by atoms with E-state index < -0.39 is 23.4 Å². The molecule has 0 unspecified atom stereocenters. The lowest BCUT2D eigenvalue weighted by atomic mass is 9.84. The van der Waals surface area contributed by atoms with E-state index in [-0.39, 0.29) is 12.4 Å². The van der Waals surface area contributed by atoms with Crippen molar-refractivity contribution in [3.05, 3.63) is 29.8 Å². The quantitative estimate of drug-likeness (QED) is 0.492. The molecule has 9 nitrogen and oxygen atoms in total. The second kappa shape index (κ2) is 6.79. The molecule has 134 valence electrons. The van der Waals surface area contributed by atoms with Crippen molar-refractivity contribution in [2.24, 2.45) is 0 Å². The number of amides is 4. The van der Waals surface area contributed by atoms with Gasteiger partial charge in [-0.3, -0.25) is 30.0 Å². The van der Waals surface area contributed by atoms with E-state index in [2.05, 4.69) is 10.6 Å². The molecule has 0 bridgehead atoms. The lowest BCUT2D eigenvalue weighted by Gasteiger charge is -2.46. The first-order chi connectivity index (χ1) is 12.0. The van der Waals surface area contributed by atoms with Gasteiger partial charge in [-0.2, -0.15) is 0 Å². The molecule has 25 heavy (non-hydrogen) atoms. The average molecular weight is 348 g/mol. The maximum Gasteiger partial charge on any atom is 0.328 e. The summed E-state index contributed by atoms with van der Waals surface area (Å²) in [4.78, 5) is 40.8.